The number of carbonyl (C=O) groups is 2. The lowest BCUT2D eigenvalue weighted by atomic mass is 9.92. The zero-order valence-corrected chi connectivity index (χ0v) is 26.3. The maximum Gasteiger partial charge on any atom is 0.409 e. The molecule has 1 saturated heterocycles. The van der Waals surface area contributed by atoms with Gasteiger partial charge in [-0.2, -0.15) is 10.4 Å². The van der Waals surface area contributed by atoms with Gasteiger partial charge in [-0.15, -0.1) is 0 Å². The van der Waals surface area contributed by atoms with E-state index in [2.05, 4.69) is 15.2 Å². The third-order valence-corrected chi connectivity index (χ3v) is 8.62. The number of nitrogens with two attached hydrogens (primary N) is 1. The molecule has 3 heterocycles. The Kier molecular flexibility index (Phi) is 12.2. The van der Waals surface area contributed by atoms with E-state index in [9.17, 15) is 29.6 Å². The maximum atomic E-state index is 13.8. The van der Waals surface area contributed by atoms with Gasteiger partial charge in [-0.05, 0) is 45.7 Å². The van der Waals surface area contributed by atoms with Gasteiger partial charge >= 0.3 is 19.7 Å². The maximum absolute atomic E-state index is 13.8. The van der Waals surface area contributed by atoms with E-state index in [0.29, 0.717) is 18.4 Å². The number of rotatable bonds is 16. The lowest BCUT2D eigenvalue weighted by Gasteiger charge is -2.25. The second-order valence-corrected chi connectivity index (χ2v) is 12.5. The number of fused-ring (bicyclic) bond motifs is 1. The van der Waals surface area contributed by atoms with Gasteiger partial charge in [-0.25, -0.2) is 19.2 Å². The number of carbonyl (C=O) groups excluding carboxylic acids is 2. The van der Waals surface area contributed by atoms with E-state index >= 15 is 0 Å². The number of esters is 2. The summed E-state index contributed by atoms with van der Waals surface area (Å²) in [6.07, 6.45) is -1.48. The van der Waals surface area contributed by atoms with Crippen molar-refractivity contribution < 1.29 is 47.6 Å². The van der Waals surface area contributed by atoms with Crippen molar-refractivity contribution >= 4 is 31.0 Å². The fraction of sp³-hybridized carbons (Fsp3) is 0.667. The Bertz CT molecular complexity index is 1380. The highest BCUT2D eigenvalue weighted by molar-refractivity contribution is 7.51. The van der Waals surface area contributed by atoms with Crippen molar-refractivity contribution in [1.29, 1.82) is 5.26 Å². The van der Waals surface area contributed by atoms with Crippen LogP contribution in [0, 0.1) is 17.2 Å². The monoisotopic (exact) mass is 640 g/mol. The fourth-order valence-electron chi connectivity index (χ4n) is 4.81. The Balaban J connectivity index is 1.79. The summed E-state index contributed by atoms with van der Waals surface area (Å²) in [6.45, 7) is 7.08. The number of nitriles is 1. The lowest BCUT2D eigenvalue weighted by molar-refractivity contribution is -0.157. The molecule has 44 heavy (non-hydrogen) atoms. The molecule has 244 valence electrons. The largest absolute Gasteiger partial charge is 0.462 e. The van der Waals surface area contributed by atoms with Crippen molar-refractivity contribution in [2.45, 2.75) is 96.4 Å². The van der Waals surface area contributed by atoms with Crippen molar-refractivity contribution in [3.63, 3.8) is 0 Å². The van der Waals surface area contributed by atoms with Crippen molar-refractivity contribution in [2.75, 3.05) is 19.1 Å². The van der Waals surface area contributed by atoms with E-state index in [1.807, 2.05) is 19.9 Å². The zero-order chi connectivity index (χ0) is 32.7. The van der Waals surface area contributed by atoms with Crippen LogP contribution in [0.5, 0.6) is 0 Å². The van der Waals surface area contributed by atoms with Crippen LogP contribution in [0.4, 0.5) is 5.82 Å². The van der Waals surface area contributed by atoms with Gasteiger partial charge in [-0.1, -0.05) is 26.7 Å². The highest BCUT2D eigenvalue weighted by atomic mass is 31.2. The summed E-state index contributed by atoms with van der Waals surface area (Å²) in [5, 5.41) is 38.5. The van der Waals surface area contributed by atoms with E-state index in [-0.39, 0.29) is 17.4 Å². The zero-order valence-electron chi connectivity index (χ0n) is 25.4. The van der Waals surface area contributed by atoms with Crippen LogP contribution in [0.15, 0.2) is 18.5 Å². The normalized spacial score (nSPS) is 23.9. The molecule has 2 aromatic heterocycles. The molecule has 2 aromatic rings. The molecule has 5 N–H and O–H groups in total. The summed E-state index contributed by atoms with van der Waals surface area (Å²) in [5.74, 6) is -1.55. The third-order valence-electron chi connectivity index (χ3n) is 6.98. The predicted octanol–water partition coefficient (Wildman–Crippen LogP) is 1.94. The summed E-state index contributed by atoms with van der Waals surface area (Å²) in [4.78, 5) is 28.9. The van der Waals surface area contributed by atoms with Gasteiger partial charge in [0.2, 0.25) is 12.4 Å². The molecule has 0 saturated carbocycles. The van der Waals surface area contributed by atoms with Crippen molar-refractivity contribution in [3.8, 4) is 6.07 Å². The van der Waals surface area contributed by atoms with E-state index in [1.54, 1.807) is 13.8 Å². The molecule has 0 unspecified atom stereocenters. The van der Waals surface area contributed by atoms with Crippen LogP contribution in [-0.2, 0) is 43.0 Å². The van der Waals surface area contributed by atoms with Crippen LogP contribution in [0.25, 0.3) is 5.52 Å². The molecule has 0 bridgehead atoms. The summed E-state index contributed by atoms with van der Waals surface area (Å²) >= 11 is 0. The minimum Gasteiger partial charge on any atom is -0.462 e. The van der Waals surface area contributed by atoms with E-state index < -0.39 is 69.1 Å². The van der Waals surface area contributed by atoms with Gasteiger partial charge in [0.05, 0.1) is 24.3 Å². The Morgan fingerprint density at radius 3 is 2.50 bits per heavy atom. The number of aliphatic hydroxyl groups is 2. The molecule has 1 aliphatic heterocycles. The average Bonchev–Trinajstić information content (AvgIpc) is 3.52. The minimum absolute atomic E-state index is 0.0568. The second kappa shape index (κ2) is 15.2. The number of anilines is 1. The molecular weight excluding hydrogens is 599 g/mol. The number of nitrogens with one attached hydrogen (secondary N) is 1. The standard InChI is InChI=1S/C27H41N6O10P/c1-6-8-18(9-7-2)26(37)39-15-41-44(38,32-17(5)25(36)42-16(3)4)40-12-20-22(34)23(35)27(13-28,43-20)21-11-10-19-24(29)30-14-31-33(19)21/h10-11,14,16-18,20,22-23,34-35H,6-9,12,15H2,1-5H3,(H,32,38)(H2,29,30,31)/t17-,20+,22+,23+,27-,44+/m0/s1. The quantitative estimate of drug-likeness (QED) is 0.117. The van der Waals surface area contributed by atoms with Crippen LogP contribution in [0.3, 0.4) is 0 Å². The molecule has 0 radical (unpaired) electrons. The number of nitrogen functional groups attached to an aromatic ring is 1. The Labute approximate surface area is 255 Å². The summed E-state index contributed by atoms with van der Waals surface area (Å²) < 4.78 is 42.1. The number of hydrogen-bond donors (Lipinski definition) is 4. The van der Waals surface area contributed by atoms with Crippen LogP contribution in [-0.4, -0.2) is 80.6 Å². The molecule has 16 nitrogen and oxygen atoms in total. The molecular formula is C27H41N6O10P. The average molecular weight is 641 g/mol. The molecule has 0 spiro atoms. The molecule has 6 atom stereocenters. The number of aliphatic hydroxyl groups excluding tert-OH is 2. The van der Waals surface area contributed by atoms with E-state index in [1.165, 1.54) is 23.6 Å². The van der Waals surface area contributed by atoms with E-state index in [4.69, 9.17) is 29.0 Å². The van der Waals surface area contributed by atoms with Crippen LogP contribution in [0.1, 0.15) is 66.0 Å². The van der Waals surface area contributed by atoms with Gasteiger partial charge in [0, 0.05) is 0 Å². The summed E-state index contributed by atoms with van der Waals surface area (Å²) in [7, 11) is -4.47. The molecule has 0 aliphatic carbocycles. The van der Waals surface area contributed by atoms with Gasteiger partial charge in [0.1, 0.15) is 42.3 Å². The van der Waals surface area contributed by atoms with Crippen LogP contribution >= 0.6 is 7.75 Å². The molecule has 1 fully saturated rings. The highest BCUT2D eigenvalue weighted by Crippen LogP contribution is 2.47. The Morgan fingerprint density at radius 2 is 1.89 bits per heavy atom. The Hall–Kier alpha value is -3.16. The molecule has 0 aromatic carbocycles. The van der Waals surface area contributed by atoms with Crippen molar-refractivity contribution in [2.24, 2.45) is 5.92 Å². The second-order valence-electron chi connectivity index (χ2n) is 10.7. The first-order valence-electron chi connectivity index (χ1n) is 14.4. The summed E-state index contributed by atoms with van der Waals surface area (Å²) in [6, 6.07) is 3.67. The molecule has 17 heteroatoms. The topological polar surface area (TPSA) is 230 Å². The third kappa shape index (κ3) is 7.91. The minimum atomic E-state index is -4.47. The SMILES string of the molecule is CCCC(CCC)C(=O)OCO[P@@](=O)(N[C@@H](C)C(=O)OC(C)C)OC[C@H]1O[C@@](C#N)(c2ccc3c(N)ncnn23)[C@H](O)[C@@H]1O. The van der Waals surface area contributed by atoms with Gasteiger partial charge in [0.25, 0.3) is 0 Å². The highest BCUT2D eigenvalue weighted by Gasteiger charge is 2.58. The van der Waals surface area contributed by atoms with Crippen molar-refractivity contribution in [3.05, 3.63) is 24.2 Å². The van der Waals surface area contributed by atoms with Crippen LogP contribution in [0.2, 0.25) is 0 Å². The number of hydrogen-bond acceptors (Lipinski definition) is 14. The molecule has 3 rings (SSSR count). The first kappa shape index (κ1) is 35.3. The van der Waals surface area contributed by atoms with Gasteiger partial charge < -0.3 is 30.2 Å². The molecule has 0 amide bonds. The van der Waals surface area contributed by atoms with Gasteiger partial charge in [-0.3, -0.25) is 18.6 Å². The first-order valence-corrected chi connectivity index (χ1v) is 15.9. The van der Waals surface area contributed by atoms with Crippen LogP contribution < -0.4 is 10.8 Å². The number of aromatic nitrogens is 3. The first-order chi connectivity index (χ1) is 20.8. The van der Waals surface area contributed by atoms with E-state index in [0.717, 1.165) is 19.2 Å². The predicted molar refractivity (Wildman–Crippen MR) is 154 cm³/mol. The lowest BCUT2D eigenvalue weighted by Crippen LogP contribution is -2.41. The molecule has 1 aliphatic rings. The Morgan fingerprint density at radius 1 is 1.20 bits per heavy atom. The fourth-order valence-corrected chi connectivity index (χ4v) is 6.14. The number of ether oxygens (including phenoxy) is 3. The summed E-state index contributed by atoms with van der Waals surface area (Å²) in [5.41, 5.74) is 4.15. The van der Waals surface area contributed by atoms with Gasteiger partial charge in [0.15, 0.2) is 5.82 Å². The smallest absolute Gasteiger partial charge is 0.409 e. The number of nitrogens with zero attached hydrogens (tertiary/aromatic N) is 4. The van der Waals surface area contributed by atoms with Crippen molar-refractivity contribution in [1.82, 2.24) is 19.7 Å².